The molecule has 0 radical (unpaired) electrons. The van der Waals surface area contributed by atoms with Gasteiger partial charge < -0.3 is 0 Å². The van der Waals surface area contributed by atoms with Crippen LogP contribution in [0.4, 0.5) is 8.78 Å². The maximum Gasteiger partial charge on any atom is 0.305 e. The molecule has 1 nitrogen and oxygen atoms in total. The molecule has 0 aliphatic rings. The topological polar surface area (TPSA) is 17.1 Å². The van der Waals surface area contributed by atoms with Crippen molar-refractivity contribution in [3.05, 3.63) is 0 Å². The van der Waals surface area contributed by atoms with Crippen molar-refractivity contribution >= 4 is 5.78 Å². The Labute approximate surface area is 72.2 Å². The van der Waals surface area contributed by atoms with Crippen molar-refractivity contribution in [1.29, 1.82) is 0 Å². The fourth-order valence-corrected chi connectivity index (χ4v) is 1.02. The van der Waals surface area contributed by atoms with Crippen LogP contribution in [0.2, 0.25) is 0 Å². The molecule has 0 aliphatic carbocycles. The second kappa shape index (κ2) is 3.50. The average Bonchev–Trinajstić information content (AvgIpc) is 1.80. The minimum absolute atomic E-state index is 0.0942. The standard InChI is InChI=1S/C9H16F2O/c1-5-7(12)9(10,11)6-8(2,3)4/h5-6H2,1-4H3. The predicted molar refractivity (Wildman–Crippen MR) is 44.3 cm³/mol. The van der Waals surface area contributed by atoms with E-state index in [9.17, 15) is 13.6 Å². The number of carbonyl (C=O) groups excluding carboxylic acids is 1. The molecule has 0 atom stereocenters. The number of Topliss-reactive ketones (excluding diaryl/α,β-unsaturated/α-hetero) is 1. The van der Waals surface area contributed by atoms with Gasteiger partial charge in [-0.3, -0.25) is 4.79 Å². The number of rotatable bonds is 3. The molecule has 0 aromatic heterocycles. The molecule has 0 saturated heterocycles. The van der Waals surface area contributed by atoms with E-state index in [2.05, 4.69) is 0 Å². The minimum atomic E-state index is -3.15. The highest BCUT2D eigenvalue weighted by molar-refractivity contribution is 5.85. The lowest BCUT2D eigenvalue weighted by molar-refractivity contribution is -0.146. The van der Waals surface area contributed by atoms with Crippen LogP contribution in [0.1, 0.15) is 40.5 Å². The van der Waals surface area contributed by atoms with Crippen molar-refractivity contribution < 1.29 is 13.6 Å². The molecule has 0 aliphatic heterocycles. The van der Waals surface area contributed by atoms with Gasteiger partial charge in [0.15, 0.2) is 0 Å². The van der Waals surface area contributed by atoms with E-state index < -0.39 is 17.1 Å². The van der Waals surface area contributed by atoms with Gasteiger partial charge in [0.25, 0.3) is 0 Å². The highest BCUT2D eigenvalue weighted by Crippen LogP contribution is 2.32. The number of hydrogen-bond donors (Lipinski definition) is 0. The van der Waals surface area contributed by atoms with Gasteiger partial charge in [-0.1, -0.05) is 27.7 Å². The summed E-state index contributed by atoms with van der Waals surface area (Å²) in [5.41, 5.74) is -0.506. The van der Waals surface area contributed by atoms with Gasteiger partial charge in [-0.2, -0.15) is 8.78 Å². The third-order valence-corrected chi connectivity index (χ3v) is 1.48. The Kier molecular flexibility index (Phi) is 3.36. The van der Waals surface area contributed by atoms with Gasteiger partial charge in [-0.15, -0.1) is 0 Å². The van der Waals surface area contributed by atoms with Crippen LogP contribution in [0.15, 0.2) is 0 Å². The number of carbonyl (C=O) groups is 1. The Balaban J connectivity index is 4.32. The van der Waals surface area contributed by atoms with E-state index in [1.807, 2.05) is 0 Å². The molecule has 0 N–H and O–H groups in total. The van der Waals surface area contributed by atoms with Crippen LogP contribution in [0, 0.1) is 5.41 Å². The minimum Gasteiger partial charge on any atom is -0.293 e. The third kappa shape index (κ3) is 3.79. The maximum atomic E-state index is 13.0. The Morgan fingerprint density at radius 1 is 1.25 bits per heavy atom. The van der Waals surface area contributed by atoms with Gasteiger partial charge in [-0.05, 0) is 5.41 Å². The number of halogens is 2. The van der Waals surface area contributed by atoms with Crippen LogP contribution in [0.5, 0.6) is 0 Å². The summed E-state index contributed by atoms with van der Waals surface area (Å²) in [6.45, 7) is 6.55. The van der Waals surface area contributed by atoms with E-state index in [0.717, 1.165) is 0 Å². The predicted octanol–water partition coefficient (Wildman–Crippen LogP) is 3.04. The molecular weight excluding hydrogens is 162 g/mol. The lowest BCUT2D eigenvalue weighted by Gasteiger charge is -2.24. The van der Waals surface area contributed by atoms with Gasteiger partial charge in [0, 0.05) is 12.8 Å². The highest BCUT2D eigenvalue weighted by atomic mass is 19.3. The van der Waals surface area contributed by atoms with Crippen LogP contribution < -0.4 is 0 Å². The Morgan fingerprint density at radius 2 is 1.67 bits per heavy atom. The molecule has 0 saturated carbocycles. The summed E-state index contributed by atoms with van der Waals surface area (Å²) >= 11 is 0. The molecular formula is C9H16F2O. The molecule has 12 heavy (non-hydrogen) atoms. The zero-order valence-electron chi connectivity index (χ0n) is 8.08. The van der Waals surface area contributed by atoms with Crippen molar-refractivity contribution in [3.8, 4) is 0 Å². The second-order valence-corrected chi connectivity index (χ2v) is 4.22. The molecule has 0 aromatic carbocycles. The monoisotopic (exact) mass is 178 g/mol. The summed E-state index contributed by atoms with van der Waals surface area (Å²) in [7, 11) is 0. The van der Waals surface area contributed by atoms with Gasteiger partial charge >= 0.3 is 5.92 Å². The first kappa shape index (κ1) is 11.5. The van der Waals surface area contributed by atoms with E-state index in [1.165, 1.54) is 6.92 Å². The fraction of sp³-hybridized carbons (Fsp3) is 0.889. The smallest absolute Gasteiger partial charge is 0.293 e. The van der Waals surface area contributed by atoms with Crippen molar-refractivity contribution in [2.45, 2.75) is 46.5 Å². The van der Waals surface area contributed by atoms with Gasteiger partial charge in [0.2, 0.25) is 5.78 Å². The number of hydrogen-bond acceptors (Lipinski definition) is 1. The first-order valence-corrected chi connectivity index (χ1v) is 4.10. The molecule has 0 heterocycles. The second-order valence-electron chi connectivity index (χ2n) is 4.22. The maximum absolute atomic E-state index is 13.0. The molecule has 0 unspecified atom stereocenters. The highest BCUT2D eigenvalue weighted by Gasteiger charge is 2.40. The number of alkyl halides is 2. The summed E-state index contributed by atoms with van der Waals surface area (Å²) in [5.74, 6) is -4.11. The van der Waals surface area contributed by atoms with E-state index in [4.69, 9.17) is 0 Å². The zero-order chi connectivity index (χ0) is 9.99. The lowest BCUT2D eigenvalue weighted by Crippen LogP contribution is -2.32. The summed E-state index contributed by atoms with van der Waals surface area (Å²) in [5, 5.41) is 0. The molecule has 0 fully saturated rings. The lowest BCUT2D eigenvalue weighted by atomic mass is 9.87. The SMILES string of the molecule is CCC(=O)C(F)(F)CC(C)(C)C. The summed E-state index contributed by atoms with van der Waals surface area (Å²) < 4.78 is 25.9. The molecule has 0 aromatic rings. The Hall–Kier alpha value is -0.470. The van der Waals surface area contributed by atoms with Crippen molar-refractivity contribution in [1.82, 2.24) is 0 Å². The molecule has 0 bridgehead atoms. The van der Waals surface area contributed by atoms with Crippen molar-refractivity contribution in [2.75, 3.05) is 0 Å². The summed E-state index contributed by atoms with van der Waals surface area (Å²) in [4.78, 5) is 10.8. The van der Waals surface area contributed by atoms with Gasteiger partial charge in [0.1, 0.15) is 0 Å². The summed E-state index contributed by atoms with van der Waals surface area (Å²) in [6, 6.07) is 0. The average molecular weight is 178 g/mol. The zero-order valence-corrected chi connectivity index (χ0v) is 8.08. The Bertz CT molecular complexity index is 168. The van der Waals surface area contributed by atoms with Crippen molar-refractivity contribution in [3.63, 3.8) is 0 Å². The van der Waals surface area contributed by atoms with E-state index in [-0.39, 0.29) is 12.8 Å². The quantitative estimate of drug-likeness (QED) is 0.649. The normalized spacial score (nSPS) is 13.2. The third-order valence-electron chi connectivity index (χ3n) is 1.48. The van der Waals surface area contributed by atoms with Crippen LogP contribution >= 0.6 is 0 Å². The van der Waals surface area contributed by atoms with Crippen LogP contribution in [-0.2, 0) is 4.79 Å². The van der Waals surface area contributed by atoms with E-state index in [0.29, 0.717) is 0 Å². The number of ketones is 1. The van der Waals surface area contributed by atoms with Crippen LogP contribution in [0.25, 0.3) is 0 Å². The molecule has 3 heteroatoms. The first-order valence-electron chi connectivity index (χ1n) is 4.10. The van der Waals surface area contributed by atoms with Crippen LogP contribution in [-0.4, -0.2) is 11.7 Å². The van der Waals surface area contributed by atoms with E-state index >= 15 is 0 Å². The molecule has 72 valence electrons. The van der Waals surface area contributed by atoms with Crippen LogP contribution in [0.3, 0.4) is 0 Å². The summed E-state index contributed by atoms with van der Waals surface area (Å²) in [6.07, 6.45) is -0.463. The molecule has 0 amide bonds. The molecule has 0 spiro atoms. The van der Waals surface area contributed by atoms with Gasteiger partial charge in [0.05, 0.1) is 0 Å². The van der Waals surface area contributed by atoms with Crippen molar-refractivity contribution in [2.24, 2.45) is 5.41 Å². The fourth-order valence-electron chi connectivity index (χ4n) is 1.02. The van der Waals surface area contributed by atoms with E-state index in [1.54, 1.807) is 20.8 Å². The largest absolute Gasteiger partial charge is 0.305 e. The molecule has 0 rings (SSSR count). The first-order chi connectivity index (χ1) is 5.19. The van der Waals surface area contributed by atoms with Gasteiger partial charge in [-0.25, -0.2) is 0 Å². The Morgan fingerprint density at radius 3 is 1.92 bits per heavy atom.